The van der Waals surface area contributed by atoms with E-state index < -0.39 is 0 Å². The monoisotopic (exact) mass is 659 g/mol. The van der Waals surface area contributed by atoms with Gasteiger partial charge in [0.05, 0.1) is 5.69 Å². The van der Waals surface area contributed by atoms with Gasteiger partial charge in [0.25, 0.3) is 0 Å². The van der Waals surface area contributed by atoms with Crippen LogP contribution >= 0.6 is 0 Å². The maximum atomic E-state index is 4.88. The van der Waals surface area contributed by atoms with Crippen LogP contribution in [0.4, 0.5) is 0 Å². The summed E-state index contributed by atoms with van der Waals surface area (Å²) in [6.07, 6.45) is 1.89. The third-order valence-corrected chi connectivity index (χ3v) is 10.5. The molecule has 0 saturated carbocycles. The average Bonchev–Trinajstić information content (AvgIpc) is 3.23. The molecule has 0 bridgehead atoms. The van der Waals surface area contributed by atoms with Gasteiger partial charge >= 0.3 is 0 Å². The van der Waals surface area contributed by atoms with Crippen molar-refractivity contribution in [2.24, 2.45) is 0 Å². The molecule has 1 heteroatoms. The van der Waals surface area contributed by atoms with E-state index in [2.05, 4.69) is 188 Å². The summed E-state index contributed by atoms with van der Waals surface area (Å²) in [4.78, 5) is 4.88. The topological polar surface area (TPSA) is 12.9 Å². The molecular weight excluding hydrogens is 627 g/mol. The van der Waals surface area contributed by atoms with Crippen molar-refractivity contribution in [3.8, 4) is 55.8 Å². The number of aromatic nitrogens is 1. The Morgan fingerprint density at radius 3 is 1.46 bits per heavy atom. The summed E-state index contributed by atoms with van der Waals surface area (Å²) in [5.41, 5.74) is 11.9. The van der Waals surface area contributed by atoms with Crippen LogP contribution in [0.3, 0.4) is 0 Å². The van der Waals surface area contributed by atoms with Gasteiger partial charge in [-0.15, -0.1) is 0 Å². The fourth-order valence-corrected chi connectivity index (χ4v) is 8.14. The molecule has 52 heavy (non-hydrogen) atoms. The Hall–Kier alpha value is -6.83. The summed E-state index contributed by atoms with van der Waals surface area (Å²) < 4.78 is 0. The summed E-state index contributed by atoms with van der Waals surface area (Å²) in [6.45, 7) is 0. The van der Waals surface area contributed by atoms with Crippen LogP contribution < -0.4 is 0 Å². The predicted octanol–water partition coefficient (Wildman–Crippen LogP) is 14.0. The number of nitrogens with zero attached hydrogens (tertiary/aromatic N) is 1. The quantitative estimate of drug-likeness (QED) is 0.168. The van der Waals surface area contributed by atoms with Crippen molar-refractivity contribution < 1.29 is 0 Å². The molecule has 0 radical (unpaired) electrons. The molecule has 0 spiro atoms. The number of hydrogen-bond donors (Lipinski definition) is 0. The summed E-state index contributed by atoms with van der Waals surface area (Å²) in [5.74, 6) is 0. The van der Waals surface area contributed by atoms with Gasteiger partial charge in [-0.2, -0.15) is 0 Å². The number of pyridine rings is 1. The highest BCUT2D eigenvalue weighted by molar-refractivity contribution is 6.24. The lowest BCUT2D eigenvalue weighted by molar-refractivity contribution is 1.33. The van der Waals surface area contributed by atoms with Crippen molar-refractivity contribution in [1.82, 2.24) is 4.98 Å². The van der Waals surface area contributed by atoms with Crippen LogP contribution in [0, 0.1) is 0 Å². The van der Waals surface area contributed by atoms with Crippen LogP contribution in [-0.2, 0) is 0 Å². The van der Waals surface area contributed by atoms with E-state index in [1.165, 1.54) is 76.5 Å². The van der Waals surface area contributed by atoms with Crippen LogP contribution in [0.25, 0.3) is 98.9 Å². The van der Waals surface area contributed by atoms with Crippen molar-refractivity contribution in [3.05, 3.63) is 200 Å². The number of hydrogen-bond acceptors (Lipinski definition) is 1. The smallest absolute Gasteiger partial charge is 0.0780 e. The van der Waals surface area contributed by atoms with Crippen LogP contribution in [0.5, 0.6) is 0 Å². The van der Waals surface area contributed by atoms with E-state index in [-0.39, 0.29) is 0 Å². The second kappa shape index (κ2) is 12.5. The zero-order chi connectivity index (χ0) is 34.4. The second-order valence-electron chi connectivity index (χ2n) is 13.5. The molecule has 9 aromatic carbocycles. The Morgan fingerprint density at radius 1 is 0.269 bits per heavy atom. The fourth-order valence-electron chi connectivity index (χ4n) is 8.14. The van der Waals surface area contributed by atoms with Crippen molar-refractivity contribution in [2.45, 2.75) is 0 Å². The van der Waals surface area contributed by atoms with Gasteiger partial charge < -0.3 is 0 Å². The van der Waals surface area contributed by atoms with Crippen LogP contribution in [0.1, 0.15) is 0 Å². The van der Waals surface area contributed by atoms with E-state index in [9.17, 15) is 0 Å². The molecule has 0 N–H and O–H groups in total. The summed E-state index contributed by atoms with van der Waals surface area (Å²) in [6, 6.07) is 70.4. The first-order chi connectivity index (χ1) is 25.8. The van der Waals surface area contributed by atoms with E-state index in [1.54, 1.807) is 0 Å². The molecule has 0 fully saturated rings. The largest absolute Gasteiger partial charge is 0.256 e. The number of benzene rings is 9. The summed E-state index contributed by atoms with van der Waals surface area (Å²) in [5, 5.41) is 9.97. The van der Waals surface area contributed by atoms with Gasteiger partial charge in [0.15, 0.2) is 0 Å². The Morgan fingerprint density at radius 2 is 0.769 bits per heavy atom. The minimum Gasteiger partial charge on any atom is -0.256 e. The van der Waals surface area contributed by atoms with E-state index in [0.717, 1.165) is 22.4 Å². The first-order valence-electron chi connectivity index (χ1n) is 17.9. The molecule has 0 aliphatic rings. The number of rotatable bonds is 5. The Labute approximate surface area is 303 Å². The van der Waals surface area contributed by atoms with Gasteiger partial charge in [-0.1, -0.05) is 182 Å². The first-order valence-corrected chi connectivity index (χ1v) is 17.9. The molecule has 0 atom stereocenters. The normalized spacial score (nSPS) is 11.5. The highest BCUT2D eigenvalue weighted by Crippen LogP contribution is 2.46. The maximum Gasteiger partial charge on any atom is 0.0780 e. The van der Waals surface area contributed by atoms with E-state index in [4.69, 9.17) is 4.98 Å². The molecule has 0 aliphatic carbocycles. The molecule has 242 valence electrons. The number of fused-ring (bicyclic) bond motifs is 4. The third kappa shape index (κ3) is 4.98. The van der Waals surface area contributed by atoms with E-state index in [0.29, 0.717) is 0 Å². The lowest BCUT2D eigenvalue weighted by Gasteiger charge is -2.20. The minimum absolute atomic E-state index is 0.992. The molecule has 0 saturated heterocycles. The van der Waals surface area contributed by atoms with Gasteiger partial charge in [-0.05, 0) is 94.2 Å². The zero-order valence-electron chi connectivity index (χ0n) is 28.5. The Bertz CT molecular complexity index is 2880. The van der Waals surface area contributed by atoms with Crippen molar-refractivity contribution >= 4 is 43.1 Å². The minimum atomic E-state index is 0.992. The van der Waals surface area contributed by atoms with Crippen LogP contribution in [0.15, 0.2) is 200 Å². The summed E-state index contributed by atoms with van der Waals surface area (Å²) in [7, 11) is 0. The van der Waals surface area contributed by atoms with Gasteiger partial charge in [-0.3, -0.25) is 4.98 Å². The second-order valence-corrected chi connectivity index (χ2v) is 13.5. The molecule has 0 unspecified atom stereocenters. The first kappa shape index (κ1) is 30.0. The van der Waals surface area contributed by atoms with Gasteiger partial charge in [0.2, 0.25) is 0 Å². The van der Waals surface area contributed by atoms with Crippen molar-refractivity contribution in [1.29, 1.82) is 0 Å². The molecular formula is C51H33N. The molecule has 1 aromatic heterocycles. The van der Waals surface area contributed by atoms with E-state index in [1.807, 2.05) is 12.3 Å². The Kier molecular flexibility index (Phi) is 7.22. The SMILES string of the molecule is c1ccc(-c2ccc(-c3c4ccccc4c(-c4ccc(-c5cccnc5-c5ccc6ccccc6c5)cc4)c4ccccc34)c3ccccc23)cc1. The summed E-state index contributed by atoms with van der Waals surface area (Å²) >= 11 is 0. The highest BCUT2D eigenvalue weighted by Gasteiger charge is 2.19. The van der Waals surface area contributed by atoms with Crippen LogP contribution in [0.2, 0.25) is 0 Å². The van der Waals surface area contributed by atoms with Gasteiger partial charge in [0, 0.05) is 17.3 Å². The van der Waals surface area contributed by atoms with Gasteiger partial charge in [-0.25, -0.2) is 0 Å². The molecule has 1 heterocycles. The predicted molar refractivity (Wildman–Crippen MR) is 221 cm³/mol. The van der Waals surface area contributed by atoms with Gasteiger partial charge in [0.1, 0.15) is 0 Å². The lowest BCUT2D eigenvalue weighted by Crippen LogP contribution is -1.93. The molecule has 1 nitrogen and oxygen atoms in total. The zero-order valence-corrected chi connectivity index (χ0v) is 28.5. The average molecular weight is 660 g/mol. The highest BCUT2D eigenvalue weighted by atomic mass is 14.7. The van der Waals surface area contributed by atoms with Crippen LogP contribution in [-0.4, -0.2) is 4.98 Å². The van der Waals surface area contributed by atoms with Crippen molar-refractivity contribution in [2.75, 3.05) is 0 Å². The standard InChI is InChI=1S/C51H33N/c1-2-14-35(15-3-1)40-30-31-48(43-18-7-6-17-42(40)43)50-46-21-10-8-19-44(46)49(45-20-9-11-22-47(45)50)37-27-25-36(26-28-37)41-23-12-32-52-51(41)39-29-24-34-13-4-5-16-38(34)33-39/h1-33H. The maximum absolute atomic E-state index is 4.88. The van der Waals surface area contributed by atoms with Crippen molar-refractivity contribution in [3.63, 3.8) is 0 Å². The molecule has 10 rings (SSSR count). The van der Waals surface area contributed by atoms with E-state index >= 15 is 0 Å². The third-order valence-electron chi connectivity index (χ3n) is 10.5. The fraction of sp³-hybridized carbons (Fsp3) is 0. The molecule has 0 amide bonds. The Balaban J connectivity index is 1.14. The molecule has 10 aromatic rings. The lowest BCUT2D eigenvalue weighted by atomic mass is 9.83. The molecule has 0 aliphatic heterocycles.